The summed E-state index contributed by atoms with van der Waals surface area (Å²) in [4.78, 5) is 11.9. The summed E-state index contributed by atoms with van der Waals surface area (Å²) >= 11 is 0. The zero-order valence-electron chi connectivity index (χ0n) is 9.29. The van der Waals surface area contributed by atoms with E-state index in [0.29, 0.717) is 13.1 Å². The molecule has 1 rings (SSSR count). The SMILES string of the molecule is CCN1CC(COCC(=O)O)CC(F)(F)C1. The molecule has 0 aromatic carbocycles. The maximum absolute atomic E-state index is 13.3. The van der Waals surface area contributed by atoms with Crippen molar-refractivity contribution in [1.29, 1.82) is 0 Å². The van der Waals surface area contributed by atoms with Crippen LogP contribution in [-0.2, 0) is 9.53 Å². The topological polar surface area (TPSA) is 49.8 Å². The van der Waals surface area contributed by atoms with E-state index in [0.717, 1.165) is 0 Å². The lowest BCUT2D eigenvalue weighted by molar-refractivity contribution is -0.144. The Bertz CT molecular complexity index is 248. The minimum atomic E-state index is -2.69. The van der Waals surface area contributed by atoms with Crippen molar-refractivity contribution in [2.24, 2.45) is 5.92 Å². The van der Waals surface area contributed by atoms with E-state index in [9.17, 15) is 13.6 Å². The van der Waals surface area contributed by atoms with Gasteiger partial charge in [-0.2, -0.15) is 0 Å². The molecule has 0 amide bonds. The second kappa shape index (κ2) is 5.54. The Morgan fingerprint density at radius 2 is 2.31 bits per heavy atom. The summed E-state index contributed by atoms with van der Waals surface area (Å²) < 4.78 is 31.4. The predicted molar refractivity (Wildman–Crippen MR) is 53.6 cm³/mol. The van der Waals surface area contributed by atoms with Crippen LogP contribution < -0.4 is 0 Å². The molecule has 4 nitrogen and oxygen atoms in total. The van der Waals surface area contributed by atoms with Crippen molar-refractivity contribution >= 4 is 5.97 Å². The molecule has 0 aliphatic carbocycles. The summed E-state index contributed by atoms with van der Waals surface area (Å²) in [7, 11) is 0. The van der Waals surface area contributed by atoms with Crippen LogP contribution in [0.25, 0.3) is 0 Å². The minimum absolute atomic E-state index is 0.0817. The van der Waals surface area contributed by atoms with Gasteiger partial charge < -0.3 is 9.84 Å². The number of rotatable bonds is 5. The van der Waals surface area contributed by atoms with Gasteiger partial charge in [0, 0.05) is 18.9 Å². The van der Waals surface area contributed by atoms with Gasteiger partial charge >= 0.3 is 5.97 Å². The third kappa shape index (κ3) is 4.40. The molecule has 1 heterocycles. The van der Waals surface area contributed by atoms with Gasteiger partial charge in [-0.1, -0.05) is 6.92 Å². The lowest BCUT2D eigenvalue weighted by Gasteiger charge is -2.36. The third-order valence-electron chi connectivity index (χ3n) is 2.58. The van der Waals surface area contributed by atoms with Gasteiger partial charge in [0.25, 0.3) is 5.92 Å². The Labute approximate surface area is 93.2 Å². The maximum Gasteiger partial charge on any atom is 0.329 e. The first kappa shape index (κ1) is 13.3. The normalized spacial score (nSPS) is 25.6. The number of likely N-dealkylation sites (tertiary alicyclic amines) is 1. The molecule has 0 aromatic heterocycles. The average molecular weight is 237 g/mol. The van der Waals surface area contributed by atoms with Crippen LogP contribution >= 0.6 is 0 Å². The van der Waals surface area contributed by atoms with Gasteiger partial charge in [0.15, 0.2) is 0 Å². The van der Waals surface area contributed by atoms with Crippen LogP contribution in [0.15, 0.2) is 0 Å². The Balaban J connectivity index is 2.38. The molecule has 0 spiro atoms. The number of ether oxygens (including phenoxy) is 1. The smallest absolute Gasteiger partial charge is 0.329 e. The van der Waals surface area contributed by atoms with E-state index in [1.54, 1.807) is 4.90 Å². The van der Waals surface area contributed by atoms with Crippen molar-refractivity contribution in [3.8, 4) is 0 Å². The number of hydrogen-bond acceptors (Lipinski definition) is 3. The van der Waals surface area contributed by atoms with Crippen molar-refractivity contribution in [3.63, 3.8) is 0 Å². The van der Waals surface area contributed by atoms with E-state index in [1.807, 2.05) is 6.92 Å². The zero-order valence-corrected chi connectivity index (χ0v) is 9.29. The van der Waals surface area contributed by atoms with Crippen LogP contribution in [0.1, 0.15) is 13.3 Å². The number of piperidine rings is 1. The van der Waals surface area contributed by atoms with Gasteiger partial charge in [0.2, 0.25) is 0 Å². The lowest BCUT2D eigenvalue weighted by atomic mass is 9.96. The summed E-state index contributed by atoms with van der Waals surface area (Å²) in [5.41, 5.74) is 0. The molecule has 0 radical (unpaired) electrons. The molecule has 0 saturated carbocycles. The molecule has 1 atom stereocenters. The lowest BCUT2D eigenvalue weighted by Crippen LogP contribution is -2.48. The molecule has 1 fully saturated rings. The third-order valence-corrected chi connectivity index (χ3v) is 2.58. The van der Waals surface area contributed by atoms with Gasteiger partial charge in [-0.3, -0.25) is 4.90 Å². The number of alkyl halides is 2. The number of carboxylic acid groups (broad SMARTS) is 1. The van der Waals surface area contributed by atoms with Gasteiger partial charge in [0.1, 0.15) is 6.61 Å². The predicted octanol–water partition coefficient (Wildman–Crippen LogP) is 1.06. The fourth-order valence-corrected chi connectivity index (χ4v) is 1.97. The first-order chi connectivity index (χ1) is 7.43. The monoisotopic (exact) mass is 237 g/mol. The fraction of sp³-hybridized carbons (Fsp3) is 0.900. The van der Waals surface area contributed by atoms with Crippen LogP contribution in [-0.4, -0.2) is 54.7 Å². The molecule has 1 N–H and O–H groups in total. The van der Waals surface area contributed by atoms with Gasteiger partial charge in [0.05, 0.1) is 13.2 Å². The number of aliphatic carboxylic acids is 1. The minimum Gasteiger partial charge on any atom is -0.480 e. The van der Waals surface area contributed by atoms with Crippen LogP contribution in [0.4, 0.5) is 8.78 Å². The molecule has 6 heteroatoms. The van der Waals surface area contributed by atoms with Crippen LogP contribution in [0.3, 0.4) is 0 Å². The van der Waals surface area contributed by atoms with Crippen LogP contribution in [0.2, 0.25) is 0 Å². The molecule has 1 aliphatic heterocycles. The Kier molecular flexibility index (Phi) is 4.61. The van der Waals surface area contributed by atoms with Crippen molar-refractivity contribution in [3.05, 3.63) is 0 Å². The van der Waals surface area contributed by atoms with Crippen molar-refractivity contribution < 1.29 is 23.4 Å². The van der Waals surface area contributed by atoms with Crippen LogP contribution in [0.5, 0.6) is 0 Å². The van der Waals surface area contributed by atoms with E-state index in [1.165, 1.54) is 0 Å². The van der Waals surface area contributed by atoms with Crippen LogP contribution in [0, 0.1) is 5.92 Å². The van der Waals surface area contributed by atoms with E-state index in [2.05, 4.69) is 0 Å². The second-order valence-corrected chi connectivity index (χ2v) is 4.16. The Morgan fingerprint density at radius 3 is 2.88 bits per heavy atom. The largest absolute Gasteiger partial charge is 0.480 e. The molecule has 94 valence electrons. The molecule has 1 saturated heterocycles. The number of carbonyl (C=O) groups is 1. The molecular weight excluding hydrogens is 220 g/mol. The van der Waals surface area contributed by atoms with E-state index >= 15 is 0 Å². The summed E-state index contributed by atoms with van der Waals surface area (Å²) in [5, 5.41) is 8.36. The molecule has 1 unspecified atom stereocenters. The fourth-order valence-electron chi connectivity index (χ4n) is 1.97. The average Bonchev–Trinajstić information content (AvgIpc) is 2.14. The second-order valence-electron chi connectivity index (χ2n) is 4.16. The highest BCUT2D eigenvalue weighted by Crippen LogP contribution is 2.30. The standard InChI is InChI=1S/C10H17F2NO3/c1-2-13-4-8(3-10(11,12)7-13)5-16-6-9(14)15/h8H,2-7H2,1H3,(H,14,15). The Morgan fingerprint density at radius 1 is 1.62 bits per heavy atom. The molecule has 0 bridgehead atoms. The van der Waals surface area contributed by atoms with E-state index < -0.39 is 18.5 Å². The molecular formula is C10H17F2NO3. The first-order valence-corrected chi connectivity index (χ1v) is 5.32. The molecule has 16 heavy (non-hydrogen) atoms. The molecule has 0 aromatic rings. The number of hydrogen-bond donors (Lipinski definition) is 1. The molecule has 1 aliphatic rings. The highest BCUT2D eigenvalue weighted by atomic mass is 19.3. The number of halogens is 2. The van der Waals surface area contributed by atoms with Crippen molar-refractivity contribution in [2.45, 2.75) is 19.3 Å². The Hall–Kier alpha value is -0.750. The highest BCUT2D eigenvalue weighted by Gasteiger charge is 2.39. The summed E-state index contributed by atoms with van der Waals surface area (Å²) in [6.45, 7) is 2.40. The van der Waals surface area contributed by atoms with E-state index in [-0.39, 0.29) is 25.5 Å². The zero-order chi connectivity index (χ0) is 12.2. The number of nitrogens with zero attached hydrogens (tertiary/aromatic N) is 1. The quantitative estimate of drug-likeness (QED) is 0.777. The number of carboxylic acids is 1. The summed E-state index contributed by atoms with van der Waals surface area (Å²) in [6, 6.07) is 0. The van der Waals surface area contributed by atoms with Gasteiger partial charge in [-0.05, 0) is 6.54 Å². The van der Waals surface area contributed by atoms with E-state index in [4.69, 9.17) is 9.84 Å². The highest BCUT2D eigenvalue weighted by molar-refractivity contribution is 5.67. The van der Waals surface area contributed by atoms with Gasteiger partial charge in [-0.15, -0.1) is 0 Å². The van der Waals surface area contributed by atoms with Crippen molar-refractivity contribution in [2.75, 3.05) is 32.8 Å². The first-order valence-electron chi connectivity index (χ1n) is 5.32. The summed E-state index contributed by atoms with van der Waals surface area (Å²) in [5.74, 6) is -4.05. The summed E-state index contributed by atoms with van der Waals surface area (Å²) in [6.07, 6.45) is -0.219. The van der Waals surface area contributed by atoms with Gasteiger partial charge in [-0.25, -0.2) is 13.6 Å². The maximum atomic E-state index is 13.3. The van der Waals surface area contributed by atoms with Crippen molar-refractivity contribution in [1.82, 2.24) is 4.90 Å².